The molecule has 3 heteroatoms. The highest BCUT2D eigenvalue weighted by Crippen LogP contribution is 2.25. The fourth-order valence-electron chi connectivity index (χ4n) is 3.02. The van der Waals surface area contributed by atoms with Gasteiger partial charge in [0, 0.05) is 5.92 Å². The molecule has 1 amide bonds. The summed E-state index contributed by atoms with van der Waals surface area (Å²) >= 11 is 0. The maximum absolute atomic E-state index is 12.2. The lowest BCUT2D eigenvalue weighted by Gasteiger charge is -2.21. The standard InChI is InChI=1S/C18H28N2O/c1-13(6-5-11-19)18(21)20-14(2)16-10-9-15-7-3-4-8-17(15)12-16/h9-10,12-14H,3-8,11,19H2,1-2H3,(H,20,21). The van der Waals surface area contributed by atoms with Crippen LogP contribution < -0.4 is 11.1 Å². The van der Waals surface area contributed by atoms with E-state index in [-0.39, 0.29) is 17.9 Å². The largest absolute Gasteiger partial charge is 0.349 e. The maximum atomic E-state index is 12.2. The monoisotopic (exact) mass is 288 g/mol. The minimum atomic E-state index is 0.0358. The number of amides is 1. The molecule has 1 aliphatic rings. The average molecular weight is 288 g/mol. The highest BCUT2D eigenvalue weighted by molar-refractivity contribution is 5.78. The normalized spacial score (nSPS) is 16.9. The molecule has 3 nitrogen and oxygen atoms in total. The van der Waals surface area contributed by atoms with Crippen LogP contribution in [0.2, 0.25) is 0 Å². The first-order valence-corrected chi connectivity index (χ1v) is 8.24. The number of carbonyl (C=O) groups excluding carboxylic acids is 1. The number of benzene rings is 1. The van der Waals surface area contributed by atoms with E-state index in [0.29, 0.717) is 6.54 Å². The number of hydrogen-bond acceptors (Lipinski definition) is 2. The zero-order chi connectivity index (χ0) is 15.2. The second-order valence-electron chi connectivity index (χ2n) is 6.30. The summed E-state index contributed by atoms with van der Waals surface area (Å²) in [5.41, 5.74) is 9.67. The molecule has 116 valence electrons. The topological polar surface area (TPSA) is 55.1 Å². The molecule has 2 atom stereocenters. The van der Waals surface area contributed by atoms with Crippen molar-refractivity contribution in [3.63, 3.8) is 0 Å². The summed E-state index contributed by atoms with van der Waals surface area (Å²) < 4.78 is 0. The van der Waals surface area contributed by atoms with Crippen LogP contribution in [0.1, 0.15) is 62.3 Å². The van der Waals surface area contributed by atoms with Crippen molar-refractivity contribution >= 4 is 5.91 Å². The summed E-state index contributed by atoms with van der Waals surface area (Å²) in [5, 5.41) is 3.13. The molecule has 1 aromatic carbocycles. The summed E-state index contributed by atoms with van der Waals surface area (Å²) in [6.07, 6.45) is 6.73. The van der Waals surface area contributed by atoms with Gasteiger partial charge in [-0.05, 0) is 68.7 Å². The van der Waals surface area contributed by atoms with Crippen LogP contribution in [0.4, 0.5) is 0 Å². The van der Waals surface area contributed by atoms with Crippen molar-refractivity contribution < 1.29 is 4.79 Å². The molecule has 3 N–H and O–H groups in total. The second-order valence-corrected chi connectivity index (χ2v) is 6.30. The van der Waals surface area contributed by atoms with Crippen molar-refractivity contribution in [1.82, 2.24) is 5.32 Å². The van der Waals surface area contributed by atoms with Gasteiger partial charge in [-0.2, -0.15) is 0 Å². The fourth-order valence-corrected chi connectivity index (χ4v) is 3.02. The first kappa shape index (κ1) is 16.0. The van der Waals surface area contributed by atoms with Crippen molar-refractivity contribution in [2.24, 2.45) is 11.7 Å². The minimum Gasteiger partial charge on any atom is -0.349 e. The summed E-state index contributed by atoms with van der Waals surface area (Å²) in [4.78, 5) is 12.2. The van der Waals surface area contributed by atoms with Gasteiger partial charge in [0.25, 0.3) is 0 Å². The van der Waals surface area contributed by atoms with E-state index < -0.39 is 0 Å². The van der Waals surface area contributed by atoms with Crippen LogP contribution in [0.5, 0.6) is 0 Å². The van der Waals surface area contributed by atoms with Crippen molar-refractivity contribution in [1.29, 1.82) is 0 Å². The summed E-state index contributed by atoms with van der Waals surface area (Å²) in [6, 6.07) is 6.76. The van der Waals surface area contributed by atoms with E-state index in [0.717, 1.165) is 12.8 Å². The number of nitrogens with two attached hydrogens (primary N) is 1. The Morgan fingerprint density at radius 1 is 1.24 bits per heavy atom. The van der Waals surface area contributed by atoms with Gasteiger partial charge in [0.1, 0.15) is 0 Å². The molecule has 0 spiro atoms. The van der Waals surface area contributed by atoms with E-state index in [1.165, 1.54) is 42.4 Å². The van der Waals surface area contributed by atoms with E-state index in [4.69, 9.17) is 5.73 Å². The number of hydrogen-bond donors (Lipinski definition) is 2. The van der Waals surface area contributed by atoms with Crippen LogP contribution in [0, 0.1) is 5.92 Å². The molecule has 0 aromatic heterocycles. The lowest BCUT2D eigenvalue weighted by molar-refractivity contribution is -0.125. The van der Waals surface area contributed by atoms with E-state index in [1.807, 2.05) is 6.92 Å². The summed E-state index contributed by atoms with van der Waals surface area (Å²) in [5.74, 6) is 0.169. The maximum Gasteiger partial charge on any atom is 0.223 e. The quantitative estimate of drug-likeness (QED) is 0.845. The Morgan fingerprint density at radius 3 is 2.67 bits per heavy atom. The van der Waals surface area contributed by atoms with Gasteiger partial charge in [-0.25, -0.2) is 0 Å². The molecule has 0 radical (unpaired) electrons. The molecule has 0 heterocycles. The zero-order valence-electron chi connectivity index (χ0n) is 13.3. The van der Waals surface area contributed by atoms with Crippen LogP contribution in [0.15, 0.2) is 18.2 Å². The summed E-state index contributed by atoms with van der Waals surface area (Å²) in [7, 11) is 0. The summed E-state index contributed by atoms with van der Waals surface area (Å²) in [6.45, 7) is 4.70. The number of carbonyl (C=O) groups is 1. The zero-order valence-corrected chi connectivity index (χ0v) is 13.3. The van der Waals surface area contributed by atoms with E-state index >= 15 is 0 Å². The third-order valence-electron chi connectivity index (χ3n) is 4.52. The first-order valence-electron chi connectivity index (χ1n) is 8.24. The van der Waals surface area contributed by atoms with Crippen molar-refractivity contribution in [3.8, 4) is 0 Å². The van der Waals surface area contributed by atoms with Crippen molar-refractivity contribution in [3.05, 3.63) is 34.9 Å². The third kappa shape index (κ3) is 4.31. The Bertz CT molecular complexity index is 484. The van der Waals surface area contributed by atoms with E-state index in [9.17, 15) is 4.79 Å². The highest BCUT2D eigenvalue weighted by Gasteiger charge is 2.17. The molecule has 0 saturated carbocycles. The predicted octanol–water partition coefficient (Wildman–Crippen LogP) is 3.12. The van der Waals surface area contributed by atoms with Gasteiger partial charge in [0.05, 0.1) is 6.04 Å². The van der Waals surface area contributed by atoms with Gasteiger partial charge in [-0.3, -0.25) is 4.79 Å². The molecule has 1 aromatic rings. The first-order chi connectivity index (χ1) is 10.1. The van der Waals surface area contributed by atoms with Crippen LogP contribution in [-0.4, -0.2) is 12.5 Å². The van der Waals surface area contributed by atoms with Crippen molar-refractivity contribution in [2.45, 2.75) is 58.4 Å². The molecule has 0 fully saturated rings. The third-order valence-corrected chi connectivity index (χ3v) is 4.52. The van der Waals surface area contributed by atoms with Crippen LogP contribution in [0.25, 0.3) is 0 Å². The SMILES string of the molecule is CC(CCCN)C(=O)NC(C)c1ccc2c(c1)CCCC2. The fraction of sp³-hybridized carbons (Fsp3) is 0.611. The highest BCUT2D eigenvalue weighted by atomic mass is 16.1. The van der Waals surface area contributed by atoms with Crippen LogP contribution in [-0.2, 0) is 17.6 Å². The molecule has 0 saturated heterocycles. The lowest BCUT2D eigenvalue weighted by atomic mass is 9.89. The molecule has 0 bridgehead atoms. The minimum absolute atomic E-state index is 0.0358. The molecule has 21 heavy (non-hydrogen) atoms. The second kappa shape index (κ2) is 7.60. The van der Waals surface area contributed by atoms with Crippen LogP contribution in [0.3, 0.4) is 0 Å². The average Bonchev–Trinajstić information content (AvgIpc) is 2.51. The predicted molar refractivity (Wildman–Crippen MR) is 87.1 cm³/mol. The van der Waals surface area contributed by atoms with E-state index in [1.54, 1.807) is 0 Å². The smallest absolute Gasteiger partial charge is 0.223 e. The van der Waals surface area contributed by atoms with Gasteiger partial charge < -0.3 is 11.1 Å². The Balaban J connectivity index is 1.96. The number of aryl methyl sites for hydroxylation is 2. The van der Waals surface area contributed by atoms with Gasteiger partial charge in [-0.1, -0.05) is 25.1 Å². The van der Waals surface area contributed by atoms with Crippen molar-refractivity contribution in [2.75, 3.05) is 6.54 Å². The van der Waals surface area contributed by atoms with Gasteiger partial charge in [-0.15, -0.1) is 0 Å². The number of nitrogens with one attached hydrogen (secondary N) is 1. The van der Waals surface area contributed by atoms with Gasteiger partial charge in [0.15, 0.2) is 0 Å². The Labute approximate surface area is 128 Å². The Kier molecular flexibility index (Phi) is 5.80. The Hall–Kier alpha value is -1.35. The molecule has 1 aliphatic carbocycles. The molecular weight excluding hydrogens is 260 g/mol. The molecular formula is C18H28N2O. The molecule has 2 rings (SSSR count). The van der Waals surface area contributed by atoms with Gasteiger partial charge >= 0.3 is 0 Å². The number of fused-ring (bicyclic) bond motifs is 1. The van der Waals surface area contributed by atoms with E-state index in [2.05, 4.69) is 30.4 Å². The van der Waals surface area contributed by atoms with Gasteiger partial charge in [0.2, 0.25) is 5.91 Å². The molecule has 0 aliphatic heterocycles. The number of rotatable bonds is 6. The molecule has 2 unspecified atom stereocenters. The van der Waals surface area contributed by atoms with Crippen LogP contribution >= 0.6 is 0 Å². The lowest BCUT2D eigenvalue weighted by Crippen LogP contribution is -2.32. The Morgan fingerprint density at radius 2 is 1.95 bits per heavy atom.